The predicted molar refractivity (Wildman–Crippen MR) is 86.5 cm³/mol. The van der Waals surface area contributed by atoms with Crippen LogP contribution >= 0.6 is 12.2 Å². The van der Waals surface area contributed by atoms with Crippen LogP contribution < -0.4 is 10.6 Å². The number of nitrogens with two attached hydrogens (primary N) is 1. The van der Waals surface area contributed by atoms with Gasteiger partial charge in [-0.15, -0.1) is 0 Å². The van der Waals surface area contributed by atoms with Crippen molar-refractivity contribution in [1.82, 2.24) is 9.97 Å². The van der Waals surface area contributed by atoms with Crippen molar-refractivity contribution in [3.8, 4) is 0 Å². The van der Waals surface area contributed by atoms with E-state index in [1.807, 2.05) is 42.3 Å². The van der Waals surface area contributed by atoms with Crippen molar-refractivity contribution < 1.29 is 0 Å². The van der Waals surface area contributed by atoms with Gasteiger partial charge in [0.25, 0.3) is 0 Å². The highest BCUT2D eigenvalue weighted by molar-refractivity contribution is 7.80. The molecule has 0 unspecified atom stereocenters. The van der Waals surface area contributed by atoms with Gasteiger partial charge in [-0.2, -0.15) is 0 Å². The van der Waals surface area contributed by atoms with E-state index in [1.165, 1.54) is 0 Å². The van der Waals surface area contributed by atoms with Gasteiger partial charge in [0.05, 0.1) is 0 Å². The number of aromatic nitrogens is 2. The van der Waals surface area contributed by atoms with E-state index in [0.717, 1.165) is 22.8 Å². The van der Waals surface area contributed by atoms with Gasteiger partial charge in [-0.3, -0.25) is 0 Å². The molecule has 4 nitrogen and oxygen atoms in total. The molecule has 0 aliphatic heterocycles. The Hall–Kier alpha value is -2.01. The molecule has 0 atom stereocenters. The van der Waals surface area contributed by atoms with Crippen molar-refractivity contribution in [1.29, 1.82) is 0 Å². The van der Waals surface area contributed by atoms with Crippen molar-refractivity contribution in [3.63, 3.8) is 0 Å². The molecule has 0 saturated heterocycles. The fourth-order valence-electron chi connectivity index (χ4n) is 1.84. The molecule has 0 spiro atoms. The van der Waals surface area contributed by atoms with E-state index in [4.69, 9.17) is 18.0 Å². The quantitative estimate of drug-likeness (QED) is 0.876. The molecular weight excluding hydrogens is 268 g/mol. The average molecular weight is 286 g/mol. The molecule has 104 valence electrons. The van der Waals surface area contributed by atoms with Crippen molar-refractivity contribution >= 4 is 28.7 Å². The second-order valence-corrected chi connectivity index (χ2v) is 5.37. The smallest absolute Gasteiger partial charge is 0.136 e. The van der Waals surface area contributed by atoms with Crippen LogP contribution in [0.3, 0.4) is 0 Å². The Bertz CT molecular complexity index is 608. The summed E-state index contributed by atoms with van der Waals surface area (Å²) in [7, 11) is 1.97. The maximum atomic E-state index is 5.60. The van der Waals surface area contributed by atoms with Gasteiger partial charge < -0.3 is 10.6 Å². The van der Waals surface area contributed by atoms with Crippen molar-refractivity contribution in [2.75, 3.05) is 11.9 Å². The van der Waals surface area contributed by atoms with Gasteiger partial charge in [-0.25, -0.2) is 9.97 Å². The molecule has 1 aromatic carbocycles. The first-order chi connectivity index (χ1) is 9.49. The van der Waals surface area contributed by atoms with Crippen LogP contribution in [0.25, 0.3) is 0 Å². The van der Waals surface area contributed by atoms with Gasteiger partial charge in [0, 0.05) is 30.1 Å². The molecule has 1 heterocycles. The maximum Gasteiger partial charge on any atom is 0.136 e. The van der Waals surface area contributed by atoms with Crippen LogP contribution in [0.1, 0.15) is 31.0 Å². The van der Waals surface area contributed by atoms with Crippen molar-refractivity contribution in [3.05, 3.63) is 47.9 Å². The molecule has 0 aliphatic rings. The minimum atomic E-state index is 0.377. The summed E-state index contributed by atoms with van der Waals surface area (Å²) >= 11 is 4.95. The Morgan fingerprint density at radius 3 is 2.40 bits per heavy atom. The first kappa shape index (κ1) is 14.4. The number of anilines is 2. The highest BCUT2D eigenvalue weighted by atomic mass is 32.1. The topological polar surface area (TPSA) is 55.0 Å². The molecule has 0 saturated carbocycles. The average Bonchev–Trinajstić information content (AvgIpc) is 2.46. The van der Waals surface area contributed by atoms with E-state index >= 15 is 0 Å². The molecule has 0 amide bonds. The summed E-state index contributed by atoms with van der Waals surface area (Å²) in [6, 6.07) is 9.79. The molecule has 2 aromatic rings. The standard InChI is InChI=1S/C15H18N4S/c1-10(2)13-8-14(18-9-17-13)19(3)12-6-4-11(5-7-12)15(16)20/h4-10H,1-3H3,(H2,16,20). The van der Waals surface area contributed by atoms with E-state index in [1.54, 1.807) is 6.33 Å². The minimum Gasteiger partial charge on any atom is -0.389 e. The van der Waals surface area contributed by atoms with Gasteiger partial charge in [-0.1, -0.05) is 26.1 Å². The zero-order valence-corrected chi connectivity index (χ0v) is 12.7. The summed E-state index contributed by atoms with van der Waals surface area (Å²) in [5.74, 6) is 1.24. The molecule has 2 rings (SSSR count). The van der Waals surface area contributed by atoms with E-state index in [-0.39, 0.29) is 0 Å². The summed E-state index contributed by atoms with van der Waals surface area (Å²) < 4.78 is 0. The van der Waals surface area contributed by atoms with E-state index in [2.05, 4.69) is 23.8 Å². The van der Waals surface area contributed by atoms with Gasteiger partial charge >= 0.3 is 0 Å². The number of benzene rings is 1. The Kier molecular flexibility index (Phi) is 4.29. The summed E-state index contributed by atoms with van der Waals surface area (Å²) in [5.41, 5.74) is 8.52. The second kappa shape index (κ2) is 5.96. The number of hydrogen-bond acceptors (Lipinski definition) is 4. The molecule has 0 radical (unpaired) electrons. The lowest BCUT2D eigenvalue weighted by Crippen LogP contribution is -2.13. The van der Waals surface area contributed by atoms with Gasteiger partial charge in [0.2, 0.25) is 0 Å². The summed E-state index contributed by atoms with van der Waals surface area (Å²) in [6.45, 7) is 4.23. The number of rotatable bonds is 4. The van der Waals surface area contributed by atoms with Crippen LogP contribution in [-0.4, -0.2) is 22.0 Å². The normalized spacial score (nSPS) is 10.6. The SMILES string of the molecule is CC(C)c1cc(N(C)c2ccc(C(N)=S)cc2)ncn1. The van der Waals surface area contributed by atoms with E-state index in [9.17, 15) is 0 Å². The predicted octanol–water partition coefficient (Wildman–Crippen LogP) is 3.00. The molecule has 1 aromatic heterocycles. The van der Waals surface area contributed by atoms with Crippen molar-refractivity contribution in [2.24, 2.45) is 5.73 Å². The van der Waals surface area contributed by atoms with Crippen LogP contribution in [-0.2, 0) is 0 Å². The lowest BCUT2D eigenvalue weighted by atomic mass is 10.1. The van der Waals surface area contributed by atoms with E-state index in [0.29, 0.717) is 10.9 Å². The molecule has 2 N–H and O–H groups in total. The molecule has 0 fully saturated rings. The third-order valence-electron chi connectivity index (χ3n) is 3.15. The van der Waals surface area contributed by atoms with Crippen molar-refractivity contribution in [2.45, 2.75) is 19.8 Å². The Morgan fingerprint density at radius 1 is 1.20 bits per heavy atom. The number of nitrogens with zero attached hydrogens (tertiary/aromatic N) is 3. The lowest BCUT2D eigenvalue weighted by Gasteiger charge is -2.19. The zero-order valence-electron chi connectivity index (χ0n) is 11.9. The Labute approximate surface area is 124 Å². The highest BCUT2D eigenvalue weighted by Gasteiger charge is 2.09. The fraction of sp³-hybridized carbons (Fsp3) is 0.267. The molecule has 5 heteroatoms. The van der Waals surface area contributed by atoms with Crippen LogP contribution in [0, 0.1) is 0 Å². The maximum absolute atomic E-state index is 5.60. The zero-order chi connectivity index (χ0) is 14.7. The van der Waals surface area contributed by atoms with Crippen LogP contribution in [0.2, 0.25) is 0 Å². The monoisotopic (exact) mass is 286 g/mol. The molecular formula is C15H18N4S. The Morgan fingerprint density at radius 2 is 1.85 bits per heavy atom. The summed E-state index contributed by atoms with van der Waals surface area (Å²) in [6.07, 6.45) is 1.60. The third kappa shape index (κ3) is 3.11. The van der Waals surface area contributed by atoms with Crippen LogP contribution in [0.4, 0.5) is 11.5 Å². The molecule has 0 aliphatic carbocycles. The fourth-order valence-corrected chi connectivity index (χ4v) is 1.98. The van der Waals surface area contributed by atoms with Gasteiger partial charge in [0.15, 0.2) is 0 Å². The Balaban J connectivity index is 2.28. The van der Waals surface area contributed by atoms with Gasteiger partial charge in [-0.05, 0) is 30.2 Å². The van der Waals surface area contributed by atoms with Crippen LogP contribution in [0.15, 0.2) is 36.7 Å². The summed E-state index contributed by atoms with van der Waals surface area (Å²) in [5, 5.41) is 0. The molecule has 20 heavy (non-hydrogen) atoms. The minimum absolute atomic E-state index is 0.377. The third-order valence-corrected chi connectivity index (χ3v) is 3.38. The summed E-state index contributed by atoms with van der Waals surface area (Å²) in [4.78, 5) is 11.0. The largest absolute Gasteiger partial charge is 0.389 e. The number of hydrogen-bond donors (Lipinski definition) is 1. The highest BCUT2D eigenvalue weighted by Crippen LogP contribution is 2.23. The first-order valence-corrected chi connectivity index (χ1v) is 6.85. The lowest BCUT2D eigenvalue weighted by molar-refractivity contribution is 0.812. The second-order valence-electron chi connectivity index (χ2n) is 4.93. The van der Waals surface area contributed by atoms with Crippen LogP contribution in [0.5, 0.6) is 0 Å². The number of thiocarbonyl (C=S) groups is 1. The van der Waals surface area contributed by atoms with E-state index < -0.39 is 0 Å². The molecule has 0 bridgehead atoms. The first-order valence-electron chi connectivity index (χ1n) is 6.44. The van der Waals surface area contributed by atoms with Gasteiger partial charge in [0.1, 0.15) is 17.1 Å².